The third-order valence-electron chi connectivity index (χ3n) is 8.19. The van der Waals surface area contributed by atoms with Crippen LogP contribution in [-0.4, -0.2) is 119 Å². The molecule has 0 saturated carbocycles. The summed E-state index contributed by atoms with van der Waals surface area (Å²) in [5.41, 5.74) is 12.5. The van der Waals surface area contributed by atoms with Gasteiger partial charge in [0, 0.05) is 12.8 Å². The minimum absolute atomic E-state index is 0.0676. The predicted octanol–water partition coefficient (Wildman–Crippen LogP) is -3.05. The van der Waals surface area contributed by atoms with E-state index in [4.69, 9.17) is 11.5 Å². The highest BCUT2D eigenvalue weighted by Gasteiger charge is 2.33. The third-order valence-corrected chi connectivity index (χ3v) is 8.19. The highest BCUT2D eigenvalue weighted by molar-refractivity contribution is 5.96. The van der Waals surface area contributed by atoms with E-state index in [1.54, 1.807) is 60.7 Å². The van der Waals surface area contributed by atoms with E-state index in [2.05, 4.69) is 31.9 Å². The number of hydrogen-bond donors (Lipinski definition) is 11. The molecule has 2 rings (SSSR count). The van der Waals surface area contributed by atoms with Gasteiger partial charge in [0.25, 0.3) is 0 Å². The molecule has 0 spiro atoms. The number of carbonyl (C=O) groups is 7. The number of hydrogen-bond acceptors (Lipinski definition) is 11. The lowest BCUT2D eigenvalue weighted by molar-refractivity contribution is -0.143. The highest BCUT2D eigenvalue weighted by atomic mass is 16.4. The number of aliphatic hydroxyl groups excluding tert-OH is 2. The number of nitrogens with one attached hydrogen (secondary N) is 6. The second kappa shape index (κ2) is 23.3. The van der Waals surface area contributed by atoms with Gasteiger partial charge in [-0.05, 0) is 44.4 Å². The summed E-state index contributed by atoms with van der Waals surface area (Å²) < 4.78 is 0. The summed E-state index contributed by atoms with van der Waals surface area (Å²) in [4.78, 5) is 89.4. The van der Waals surface area contributed by atoms with Crippen LogP contribution in [0.4, 0.5) is 0 Å². The van der Waals surface area contributed by atoms with E-state index in [1.165, 1.54) is 13.8 Å². The van der Waals surface area contributed by atoms with Crippen LogP contribution in [0.25, 0.3) is 0 Å². The van der Waals surface area contributed by atoms with Crippen molar-refractivity contribution in [2.24, 2.45) is 11.5 Å². The fourth-order valence-corrected chi connectivity index (χ4v) is 5.08. The van der Waals surface area contributed by atoms with Crippen molar-refractivity contribution in [2.75, 3.05) is 19.7 Å². The van der Waals surface area contributed by atoms with Crippen LogP contribution in [0.5, 0.6) is 0 Å². The zero-order valence-corrected chi connectivity index (χ0v) is 30.3. The summed E-state index contributed by atoms with van der Waals surface area (Å²) in [5.74, 6) is -6.41. The number of aliphatic hydroxyl groups is 2. The smallest absolute Gasteiger partial charge is 0.326 e. The molecule has 0 bridgehead atoms. The van der Waals surface area contributed by atoms with Gasteiger partial charge in [0.15, 0.2) is 0 Å². The van der Waals surface area contributed by atoms with Crippen molar-refractivity contribution in [3.05, 3.63) is 71.8 Å². The number of carbonyl (C=O) groups excluding carboxylic acids is 6. The molecule has 6 amide bonds. The van der Waals surface area contributed by atoms with Gasteiger partial charge in [0.2, 0.25) is 35.4 Å². The molecule has 0 aromatic heterocycles. The van der Waals surface area contributed by atoms with Gasteiger partial charge < -0.3 is 58.7 Å². The SMILES string of the molecule is C[C@H](NC(=O)[C@@H](N)CCCCN)C(=O)N[C@@H](CO)C(=O)NCC(=O)N[C@@H](Cc1ccccc1)C(=O)N[C@H](C(=O)N[C@@H](Cc1ccccc1)C(=O)O)[C@@H](C)O. The van der Waals surface area contributed by atoms with Crippen molar-refractivity contribution >= 4 is 41.4 Å². The Labute approximate surface area is 313 Å². The molecule has 54 heavy (non-hydrogen) atoms. The quantitative estimate of drug-likeness (QED) is 0.0504. The van der Waals surface area contributed by atoms with E-state index in [0.717, 1.165) is 0 Å². The van der Waals surface area contributed by atoms with Crippen LogP contribution in [0.15, 0.2) is 60.7 Å². The van der Waals surface area contributed by atoms with Crippen molar-refractivity contribution in [1.82, 2.24) is 31.9 Å². The van der Waals surface area contributed by atoms with Crippen LogP contribution in [0.1, 0.15) is 44.2 Å². The van der Waals surface area contributed by atoms with Crippen molar-refractivity contribution in [1.29, 1.82) is 0 Å². The third kappa shape index (κ3) is 15.7. The Kier molecular flexibility index (Phi) is 19.3. The lowest BCUT2D eigenvalue weighted by Gasteiger charge is -2.26. The molecule has 13 N–H and O–H groups in total. The molecule has 0 aliphatic rings. The van der Waals surface area contributed by atoms with Crippen LogP contribution in [0.2, 0.25) is 0 Å². The van der Waals surface area contributed by atoms with Gasteiger partial charge >= 0.3 is 5.97 Å². The monoisotopic (exact) mass is 756 g/mol. The van der Waals surface area contributed by atoms with Crippen molar-refractivity contribution < 1.29 is 48.9 Å². The van der Waals surface area contributed by atoms with E-state index in [1.807, 2.05) is 0 Å². The fourth-order valence-electron chi connectivity index (χ4n) is 5.08. The standard InChI is InChI=1S/C36H52N8O10/c1-21(40-32(49)25(38)15-9-10-16-37)31(48)43-28(20-45)33(50)39-19-29(47)41-26(17-23-11-5-3-6-12-23)34(51)44-30(22(2)46)35(52)42-27(36(53)54)18-24-13-7-4-8-14-24/h3-8,11-14,21-22,25-28,30,45-46H,9-10,15-20,37-38H2,1-2H3,(H,39,50)(H,40,49)(H,41,47)(H,42,52)(H,43,48)(H,44,51)(H,53,54)/t21-,22+,25-,26-,27-,28-,30-/m0/s1. The van der Waals surface area contributed by atoms with Gasteiger partial charge in [-0.3, -0.25) is 28.8 Å². The van der Waals surface area contributed by atoms with Crippen molar-refractivity contribution in [2.45, 2.75) is 88.3 Å². The molecule has 0 saturated heterocycles. The maximum atomic E-state index is 13.5. The Bertz CT molecular complexity index is 1550. The van der Waals surface area contributed by atoms with Gasteiger partial charge in [-0.15, -0.1) is 0 Å². The summed E-state index contributed by atoms with van der Waals surface area (Å²) in [6, 6.07) is 9.19. The predicted molar refractivity (Wildman–Crippen MR) is 196 cm³/mol. The Hall–Kier alpha value is -5.43. The number of rotatable bonds is 23. The first-order valence-corrected chi connectivity index (χ1v) is 17.5. The summed E-state index contributed by atoms with van der Waals surface area (Å²) in [6.07, 6.45) is 0.0237. The Morgan fingerprint density at radius 2 is 1.22 bits per heavy atom. The number of carboxylic acids is 1. The number of aliphatic carboxylic acids is 1. The summed E-state index contributed by atoms with van der Waals surface area (Å²) in [6.45, 7) is 1.48. The largest absolute Gasteiger partial charge is 0.480 e. The molecule has 0 radical (unpaired) electrons. The molecule has 0 unspecified atom stereocenters. The highest BCUT2D eigenvalue weighted by Crippen LogP contribution is 2.07. The lowest BCUT2D eigenvalue weighted by Crippen LogP contribution is -2.60. The minimum atomic E-state index is -1.61. The second-order valence-corrected chi connectivity index (χ2v) is 12.7. The zero-order valence-electron chi connectivity index (χ0n) is 30.3. The molecular weight excluding hydrogens is 704 g/mol. The van der Waals surface area contributed by atoms with Crippen molar-refractivity contribution in [3.8, 4) is 0 Å². The summed E-state index contributed by atoms with van der Waals surface area (Å²) >= 11 is 0. The number of unbranched alkanes of at least 4 members (excludes halogenated alkanes) is 1. The Morgan fingerprint density at radius 1 is 0.667 bits per heavy atom. The van der Waals surface area contributed by atoms with Gasteiger partial charge in [-0.25, -0.2) is 4.79 Å². The molecule has 0 fully saturated rings. The molecule has 0 aliphatic carbocycles. The molecule has 18 nitrogen and oxygen atoms in total. The second-order valence-electron chi connectivity index (χ2n) is 12.7. The number of nitrogens with two attached hydrogens (primary N) is 2. The van der Waals surface area contributed by atoms with E-state index in [0.29, 0.717) is 36.9 Å². The van der Waals surface area contributed by atoms with Gasteiger partial charge in [-0.2, -0.15) is 0 Å². The fraction of sp³-hybridized carbons (Fsp3) is 0.472. The number of benzene rings is 2. The molecule has 0 heterocycles. The van der Waals surface area contributed by atoms with Crippen LogP contribution < -0.4 is 43.4 Å². The van der Waals surface area contributed by atoms with Gasteiger partial charge in [0.1, 0.15) is 30.2 Å². The molecule has 7 atom stereocenters. The summed E-state index contributed by atoms with van der Waals surface area (Å²) in [7, 11) is 0. The van der Waals surface area contributed by atoms with E-state index < -0.39 is 96.9 Å². The maximum Gasteiger partial charge on any atom is 0.326 e. The molecule has 2 aromatic rings. The molecule has 2 aromatic carbocycles. The van der Waals surface area contributed by atoms with Gasteiger partial charge in [-0.1, -0.05) is 67.1 Å². The minimum Gasteiger partial charge on any atom is -0.480 e. The zero-order chi connectivity index (χ0) is 40.2. The molecule has 0 aliphatic heterocycles. The summed E-state index contributed by atoms with van der Waals surface area (Å²) in [5, 5.41) is 44.1. The van der Waals surface area contributed by atoms with Gasteiger partial charge in [0.05, 0.1) is 25.3 Å². The molecule has 296 valence electrons. The first-order chi connectivity index (χ1) is 25.7. The normalized spacial score (nSPS) is 14.8. The Balaban J connectivity index is 2.06. The Morgan fingerprint density at radius 3 is 1.74 bits per heavy atom. The van der Waals surface area contributed by atoms with Crippen molar-refractivity contribution in [3.63, 3.8) is 0 Å². The average molecular weight is 757 g/mol. The van der Waals surface area contributed by atoms with E-state index in [9.17, 15) is 48.9 Å². The number of amides is 6. The van der Waals surface area contributed by atoms with Crippen LogP contribution in [-0.2, 0) is 46.4 Å². The van der Waals surface area contributed by atoms with Crippen LogP contribution >= 0.6 is 0 Å². The first kappa shape index (κ1) is 44.7. The lowest BCUT2D eigenvalue weighted by atomic mass is 10.0. The van der Waals surface area contributed by atoms with Crippen LogP contribution in [0.3, 0.4) is 0 Å². The van der Waals surface area contributed by atoms with E-state index >= 15 is 0 Å². The topological polar surface area (TPSA) is 304 Å². The average Bonchev–Trinajstić information content (AvgIpc) is 3.14. The first-order valence-electron chi connectivity index (χ1n) is 17.5. The van der Waals surface area contributed by atoms with Crippen LogP contribution in [0, 0.1) is 0 Å². The van der Waals surface area contributed by atoms with E-state index in [-0.39, 0.29) is 12.8 Å². The number of carboxylic acid groups (broad SMARTS) is 1. The molecular formula is C36H52N8O10. The molecule has 18 heteroatoms. The maximum absolute atomic E-state index is 13.5.